The van der Waals surface area contributed by atoms with E-state index < -0.39 is 0 Å². The monoisotopic (exact) mass is 336 g/mol. The summed E-state index contributed by atoms with van der Waals surface area (Å²) in [5.74, 6) is 0.673. The van der Waals surface area contributed by atoms with Crippen LogP contribution in [-0.4, -0.2) is 26.1 Å². The van der Waals surface area contributed by atoms with Gasteiger partial charge in [0.15, 0.2) is 6.29 Å². The molecule has 0 aliphatic heterocycles. The fourth-order valence-corrected chi connectivity index (χ4v) is 2.17. The SMILES string of the molecule is CCOC(CCOc1ccc(Br)cc1Cl)OCC. The molecule has 0 bridgehead atoms. The van der Waals surface area contributed by atoms with Crippen molar-refractivity contribution >= 4 is 27.5 Å². The molecule has 0 fully saturated rings. The third-order valence-corrected chi connectivity index (χ3v) is 3.00. The van der Waals surface area contributed by atoms with Gasteiger partial charge in [0, 0.05) is 24.1 Å². The molecule has 0 aromatic heterocycles. The molecule has 0 spiro atoms. The van der Waals surface area contributed by atoms with Crippen LogP contribution in [0.25, 0.3) is 0 Å². The van der Waals surface area contributed by atoms with Crippen LogP contribution in [0, 0.1) is 0 Å². The molecule has 0 aliphatic rings. The Morgan fingerprint density at radius 3 is 2.44 bits per heavy atom. The predicted molar refractivity (Wildman–Crippen MR) is 76.3 cm³/mol. The number of hydrogen-bond donors (Lipinski definition) is 0. The Morgan fingerprint density at radius 2 is 1.89 bits per heavy atom. The molecule has 1 aromatic carbocycles. The number of halogens is 2. The Hall–Kier alpha value is -0.290. The maximum Gasteiger partial charge on any atom is 0.160 e. The summed E-state index contributed by atoms with van der Waals surface area (Å²) in [4.78, 5) is 0. The standard InChI is InChI=1S/C13H18BrClO3/c1-3-16-13(17-4-2)7-8-18-12-6-5-10(14)9-11(12)15/h5-6,9,13H,3-4,7-8H2,1-2H3. The van der Waals surface area contributed by atoms with Crippen molar-refractivity contribution in [2.75, 3.05) is 19.8 Å². The lowest BCUT2D eigenvalue weighted by Gasteiger charge is -2.17. The van der Waals surface area contributed by atoms with E-state index >= 15 is 0 Å². The molecule has 0 aliphatic carbocycles. The second kappa shape index (κ2) is 8.75. The molecule has 0 radical (unpaired) electrons. The van der Waals surface area contributed by atoms with E-state index in [1.807, 2.05) is 26.0 Å². The average molecular weight is 338 g/mol. The van der Waals surface area contributed by atoms with Gasteiger partial charge in [-0.05, 0) is 32.0 Å². The van der Waals surface area contributed by atoms with Crippen molar-refractivity contribution in [1.82, 2.24) is 0 Å². The van der Waals surface area contributed by atoms with Crippen LogP contribution >= 0.6 is 27.5 Å². The third-order valence-electron chi connectivity index (χ3n) is 2.21. The maximum absolute atomic E-state index is 6.05. The van der Waals surface area contributed by atoms with Gasteiger partial charge >= 0.3 is 0 Å². The summed E-state index contributed by atoms with van der Waals surface area (Å²) in [6.45, 7) is 5.65. The maximum atomic E-state index is 6.05. The smallest absolute Gasteiger partial charge is 0.160 e. The fourth-order valence-electron chi connectivity index (χ4n) is 1.44. The van der Waals surface area contributed by atoms with E-state index in [1.54, 1.807) is 6.07 Å². The molecule has 0 N–H and O–H groups in total. The van der Waals surface area contributed by atoms with E-state index in [4.69, 9.17) is 25.8 Å². The fraction of sp³-hybridized carbons (Fsp3) is 0.538. The van der Waals surface area contributed by atoms with Gasteiger partial charge < -0.3 is 14.2 Å². The summed E-state index contributed by atoms with van der Waals surface area (Å²) >= 11 is 9.40. The Labute approximate surface area is 121 Å². The number of ether oxygens (including phenoxy) is 3. The Balaban J connectivity index is 2.39. The van der Waals surface area contributed by atoms with Gasteiger partial charge in [-0.3, -0.25) is 0 Å². The third kappa shape index (κ3) is 5.57. The Bertz CT molecular complexity index is 354. The van der Waals surface area contributed by atoms with Crippen LogP contribution in [0.2, 0.25) is 5.02 Å². The summed E-state index contributed by atoms with van der Waals surface area (Å²) in [5, 5.41) is 0.591. The molecule has 0 saturated carbocycles. The number of rotatable bonds is 8. The molecular formula is C13H18BrClO3. The molecule has 0 saturated heterocycles. The quantitative estimate of drug-likeness (QED) is 0.663. The zero-order valence-corrected chi connectivity index (χ0v) is 13.0. The first kappa shape index (κ1) is 15.8. The zero-order valence-electron chi connectivity index (χ0n) is 10.6. The van der Waals surface area contributed by atoms with Crippen LogP contribution in [0.1, 0.15) is 20.3 Å². The normalized spacial score (nSPS) is 10.9. The van der Waals surface area contributed by atoms with Crippen LogP contribution < -0.4 is 4.74 Å². The van der Waals surface area contributed by atoms with Crippen molar-refractivity contribution in [2.24, 2.45) is 0 Å². The van der Waals surface area contributed by atoms with Crippen molar-refractivity contribution in [3.05, 3.63) is 27.7 Å². The minimum atomic E-state index is -0.214. The molecular weight excluding hydrogens is 319 g/mol. The van der Waals surface area contributed by atoms with Crippen LogP contribution in [0.15, 0.2) is 22.7 Å². The summed E-state index contributed by atoms with van der Waals surface area (Å²) < 4.78 is 17.4. The van der Waals surface area contributed by atoms with Crippen molar-refractivity contribution < 1.29 is 14.2 Å². The average Bonchev–Trinajstić information content (AvgIpc) is 2.32. The molecule has 0 amide bonds. The lowest BCUT2D eigenvalue weighted by atomic mass is 10.3. The van der Waals surface area contributed by atoms with Gasteiger partial charge in [0.25, 0.3) is 0 Å². The Kier molecular flexibility index (Phi) is 7.66. The highest BCUT2D eigenvalue weighted by Crippen LogP contribution is 2.27. The highest BCUT2D eigenvalue weighted by Gasteiger charge is 2.09. The Morgan fingerprint density at radius 1 is 1.22 bits per heavy atom. The van der Waals surface area contributed by atoms with E-state index in [-0.39, 0.29) is 6.29 Å². The zero-order chi connectivity index (χ0) is 13.4. The van der Waals surface area contributed by atoms with E-state index in [1.165, 1.54) is 0 Å². The largest absolute Gasteiger partial charge is 0.492 e. The molecule has 5 heteroatoms. The summed E-state index contributed by atoms with van der Waals surface area (Å²) in [5.41, 5.74) is 0. The number of hydrogen-bond acceptors (Lipinski definition) is 3. The van der Waals surface area contributed by atoms with E-state index in [0.29, 0.717) is 37.0 Å². The van der Waals surface area contributed by atoms with Crippen LogP contribution in [-0.2, 0) is 9.47 Å². The van der Waals surface area contributed by atoms with Crippen LogP contribution in [0.3, 0.4) is 0 Å². The van der Waals surface area contributed by atoms with Gasteiger partial charge in [-0.1, -0.05) is 27.5 Å². The molecule has 102 valence electrons. The first-order chi connectivity index (χ1) is 8.67. The van der Waals surface area contributed by atoms with Gasteiger partial charge in [-0.15, -0.1) is 0 Å². The first-order valence-corrected chi connectivity index (χ1v) is 7.15. The topological polar surface area (TPSA) is 27.7 Å². The van der Waals surface area contributed by atoms with Crippen LogP contribution in [0.5, 0.6) is 5.75 Å². The molecule has 0 unspecified atom stereocenters. The second-order valence-electron chi connectivity index (χ2n) is 3.55. The summed E-state index contributed by atoms with van der Waals surface area (Å²) in [6.07, 6.45) is 0.461. The van der Waals surface area contributed by atoms with Crippen molar-refractivity contribution in [3.8, 4) is 5.75 Å². The van der Waals surface area contributed by atoms with Gasteiger partial charge in [0.05, 0.1) is 11.6 Å². The van der Waals surface area contributed by atoms with Crippen molar-refractivity contribution in [2.45, 2.75) is 26.6 Å². The van der Waals surface area contributed by atoms with E-state index in [9.17, 15) is 0 Å². The van der Waals surface area contributed by atoms with E-state index in [2.05, 4.69) is 15.9 Å². The molecule has 18 heavy (non-hydrogen) atoms. The van der Waals surface area contributed by atoms with Crippen LogP contribution in [0.4, 0.5) is 0 Å². The highest BCUT2D eigenvalue weighted by atomic mass is 79.9. The summed E-state index contributed by atoms with van der Waals surface area (Å²) in [6, 6.07) is 5.53. The molecule has 1 rings (SSSR count). The highest BCUT2D eigenvalue weighted by molar-refractivity contribution is 9.10. The minimum Gasteiger partial charge on any atom is -0.492 e. The van der Waals surface area contributed by atoms with Gasteiger partial charge in [-0.25, -0.2) is 0 Å². The first-order valence-electron chi connectivity index (χ1n) is 5.98. The van der Waals surface area contributed by atoms with Crippen molar-refractivity contribution in [3.63, 3.8) is 0 Å². The lowest BCUT2D eigenvalue weighted by molar-refractivity contribution is -0.142. The van der Waals surface area contributed by atoms with E-state index in [0.717, 1.165) is 4.47 Å². The second-order valence-corrected chi connectivity index (χ2v) is 4.87. The minimum absolute atomic E-state index is 0.214. The number of benzene rings is 1. The van der Waals surface area contributed by atoms with Gasteiger partial charge in [0.2, 0.25) is 0 Å². The summed E-state index contributed by atoms with van der Waals surface area (Å²) in [7, 11) is 0. The van der Waals surface area contributed by atoms with Crippen molar-refractivity contribution in [1.29, 1.82) is 0 Å². The molecule has 1 aromatic rings. The predicted octanol–water partition coefficient (Wildman–Crippen LogP) is 4.27. The molecule has 0 heterocycles. The molecule has 0 atom stereocenters. The van der Waals surface area contributed by atoms with Gasteiger partial charge in [0.1, 0.15) is 5.75 Å². The van der Waals surface area contributed by atoms with Gasteiger partial charge in [-0.2, -0.15) is 0 Å². The molecule has 3 nitrogen and oxygen atoms in total. The lowest BCUT2D eigenvalue weighted by Crippen LogP contribution is -2.20.